The molecule has 0 bridgehead atoms. The van der Waals surface area contributed by atoms with Gasteiger partial charge in [0.1, 0.15) is 0 Å². The van der Waals surface area contributed by atoms with Gasteiger partial charge in [-0.3, -0.25) is 14.9 Å². The van der Waals surface area contributed by atoms with E-state index in [0.717, 1.165) is 22.6 Å². The van der Waals surface area contributed by atoms with E-state index in [9.17, 15) is 14.9 Å². The van der Waals surface area contributed by atoms with Crippen LogP contribution in [0.4, 0.5) is 17.1 Å². The minimum Gasteiger partial charge on any atom is -0.369 e. The number of amides is 1. The molecule has 152 valence electrons. The molecule has 0 spiro atoms. The first-order valence-electron chi connectivity index (χ1n) is 9.21. The van der Waals surface area contributed by atoms with Gasteiger partial charge in [0.2, 0.25) is 5.91 Å². The number of anilines is 2. The van der Waals surface area contributed by atoms with Crippen LogP contribution in [0.2, 0.25) is 0 Å². The second kappa shape index (κ2) is 9.23. The average molecular weight is 431 g/mol. The standard InChI is InChI=1S/C20H22N4O3S2/c1-4-23(13(2)3)15-7-5-14(6-8-15)21-19(25)12-28-20-22-17-10-9-16(24(26)27)11-18(17)29-20/h5-11,13H,4,12H2,1-3H3,(H,21,25). The van der Waals surface area contributed by atoms with Gasteiger partial charge in [0.15, 0.2) is 4.34 Å². The van der Waals surface area contributed by atoms with Gasteiger partial charge in [-0.1, -0.05) is 11.8 Å². The Hall–Kier alpha value is -2.65. The van der Waals surface area contributed by atoms with E-state index in [1.165, 1.54) is 35.2 Å². The van der Waals surface area contributed by atoms with Crippen molar-refractivity contribution in [2.45, 2.75) is 31.2 Å². The van der Waals surface area contributed by atoms with E-state index >= 15 is 0 Å². The molecular weight excluding hydrogens is 408 g/mol. The number of nitrogens with zero attached hydrogens (tertiary/aromatic N) is 3. The lowest BCUT2D eigenvalue weighted by Crippen LogP contribution is -2.30. The molecule has 3 aromatic rings. The number of thiazole rings is 1. The number of carbonyl (C=O) groups excluding carboxylic acids is 1. The molecule has 7 nitrogen and oxygen atoms in total. The molecule has 0 aliphatic rings. The normalized spacial score (nSPS) is 11.0. The molecule has 0 aliphatic carbocycles. The third-order valence-electron chi connectivity index (χ3n) is 4.34. The fraction of sp³-hybridized carbons (Fsp3) is 0.300. The van der Waals surface area contributed by atoms with Crippen LogP contribution in [-0.4, -0.2) is 34.2 Å². The van der Waals surface area contributed by atoms with Crippen molar-refractivity contribution in [2.24, 2.45) is 0 Å². The summed E-state index contributed by atoms with van der Waals surface area (Å²) >= 11 is 2.67. The number of fused-ring (bicyclic) bond motifs is 1. The molecule has 0 aliphatic heterocycles. The number of nitro benzene ring substituents is 1. The summed E-state index contributed by atoms with van der Waals surface area (Å²) < 4.78 is 1.45. The number of rotatable bonds is 8. The van der Waals surface area contributed by atoms with Gasteiger partial charge in [0, 0.05) is 36.1 Å². The summed E-state index contributed by atoms with van der Waals surface area (Å²) in [4.78, 5) is 29.4. The van der Waals surface area contributed by atoms with E-state index < -0.39 is 4.92 Å². The highest BCUT2D eigenvalue weighted by Gasteiger charge is 2.12. The van der Waals surface area contributed by atoms with Crippen LogP contribution in [0.5, 0.6) is 0 Å². The second-order valence-electron chi connectivity index (χ2n) is 6.65. The maximum absolute atomic E-state index is 12.3. The molecule has 1 amide bonds. The predicted molar refractivity (Wildman–Crippen MR) is 120 cm³/mol. The Morgan fingerprint density at radius 2 is 2.00 bits per heavy atom. The molecule has 0 saturated carbocycles. The topological polar surface area (TPSA) is 88.4 Å². The summed E-state index contributed by atoms with van der Waals surface area (Å²) in [7, 11) is 0. The Morgan fingerprint density at radius 1 is 1.28 bits per heavy atom. The summed E-state index contributed by atoms with van der Waals surface area (Å²) in [6.45, 7) is 7.34. The number of hydrogen-bond acceptors (Lipinski definition) is 7. The van der Waals surface area contributed by atoms with Crippen LogP contribution in [0, 0.1) is 10.1 Å². The van der Waals surface area contributed by atoms with E-state index in [0.29, 0.717) is 15.9 Å². The smallest absolute Gasteiger partial charge is 0.270 e. The van der Waals surface area contributed by atoms with Crippen LogP contribution in [0.15, 0.2) is 46.8 Å². The molecule has 0 unspecified atom stereocenters. The highest BCUT2D eigenvalue weighted by atomic mass is 32.2. The van der Waals surface area contributed by atoms with E-state index in [2.05, 4.69) is 36.0 Å². The van der Waals surface area contributed by atoms with E-state index in [1.54, 1.807) is 6.07 Å². The van der Waals surface area contributed by atoms with Gasteiger partial charge in [-0.15, -0.1) is 11.3 Å². The maximum Gasteiger partial charge on any atom is 0.270 e. The first kappa shape index (κ1) is 21.1. The molecule has 1 heterocycles. The number of aromatic nitrogens is 1. The van der Waals surface area contributed by atoms with Crippen molar-refractivity contribution in [3.05, 3.63) is 52.6 Å². The van der Waals surface area contributed by atoms with Gasteiger partial charge >= 0.3 is 0 Å². The molecule has 0 radical (unpaired) electrons. The quantitative estimate of drug-likeness (QED) is 0.301. The molecule has 29 heavy (non-hydrogen) atoms. The molecule has 0 saturated heterocycles. The molecule has 1 aromatic heterocycles. The van der Waals surface area contributed by atoms with Gasteiger partial charge in [-0.25, -0.2) is 4.98 Å². The summed E-state index contributed by atoms with van der Waals surface area (Å²) in [5, 5.41) is 13.8. The van der Waals surface area contributed by atoms with Crippen molar-refractivity contribution in [1.82, 2.24) is 4.98 Å². The molecule has 0 atom stereocenters. The Morgan fingerprint density at radius 3 is 2.62 bits per heavy atom. The Labute approximate surface area is 177 Å². The summed E-state index contributed by atoms with van der Waals surface area (Å²) in [5.41, 5.74) is 2.61. The molecule has 1 N–H and O–H groups in total. The van der Waals surface area contributed by atoms with Crippen molar-refractivity contribution >= 4 is 56.3 Å². The first-order valence-corrected chi connectivity index (χ1v) is 11.0. The zero-order valence-corrected chi connectivity index (χ0v) is 18.0. The van der Waals surface area contributed by atoms with Gasteiger partial charge < -0.3 is 10.2 Å². The Bertz CT molecular complexity index is 1020. The minimum atomic E-state index is -0.425. The van der Waals surface area contributed by atoms with Crippen molar-refractivity contribution in [3.8, 4) is 0 Å². The molecule has 3 rings (SSSR count). The molecule has 2 aromatic carbocycles. The molecule has 9 heteroatoms. The van der Waals surface area contributed by atoms with E-state index in [1.807, 2.05) is 24.3 Å². The summed E-state index contributed by atoms with van der Waals surface area (Å²) in [6.07, 6.45) is 0. The van der Waals surface area contributed by atoms with Crippen molar-refractivity contribution in [3.63, 3.8) is 0 Å². The van der Waals surface area contributed by atoms with Crippen LogP contribution < -0.4 is 10.2 Å². The highest BCUT2D eigenvalue weighted by molar-refractivity contribution is 8.01. The first-order chi connectivity index (χ1) is 13.9. The van der Waals surface area contributed by atoms with Gasteiger partial charge in [0.25, 0.3) is 5.69 Å². The van der Waals surface area contributed by atoms with Gasteiger partial charge in [-0.05, 0) is 51.1 Å². The number of hydrogen-bond donors (Lipinski definition) is 1. The summed E-state index contributed by atoms with van der Waals surface area (Å²) in [5.74, 6) is 0.0979. The predicted octanol–water partition coefficient (Wildman–Crippen LogP) is 5.17. The zero-order chi connectivity index (χ0) is 21.0. The largest absolute Gasteiger partial charge is 0.369 e. The van der Waals surface area contributed by atoms with Crippen LogP contribution in [0.25, 0.3) is 10.2 Å². The lowest BCUT2D eigenvalue weighted by molar-refractivity contribution is -0.384. The minimum absolute atomic E-state index is 0.0398. The third-order valence-corrected chi connectivity index (χ3v) is 6.50. The second-order valence-corrected chi connectivity index (χ2v) is 8.91. The van der Waals surface area contributed by atoms with Crippen molar-refractivity contribution < 1.29 is 9.72 Å². The highest BCUT2D eigenvalue weighted by Crippen LogP contribution is 2.31. The van der Waals surface area contributed by atoms with Crippen LogP contribution in [-0.2, 0) is 4.79 Å². The van der Waals surface area contributed by atoms with Crippen LogP contribution >= 0.6 is 23.1 Å². The SMILES string of the molecule is CCN(c1ccc(NC(=O)CSc2nc3ccc([N+](=O)[O-])cc3s2)cc1)C(C)C. The lowest BCUT2D eigenvalue weighted by Gasteiger charge is -2.27. The van der Waals surface area contributed by atoms with Crippen molar-refractivity contribution in [2.75, 3.05) is 22.5 Å². The van der Waals surface area contributed by atoms with E-state index in [4.69, 9.17) is 0 Å². The molecular formula is C20H22N4O3S2. The monoisotopic (exact) mass is 430 g/mol. The van der Waals surface area contributed by atoms with Gasteiger partial charge in [-0.2, -0.15) is 0 Å². The van der Waals surface area contributed by atoms with Crippen LogP contribution in [0.1, 0.15) is 20.8 Å². The van der Waals surface area contributed by atoms with Crippen molar-refractivity contribution in [1.29, 1.82) is 0 Å². The Kier molecular flexibility index (Phi) is 6.71. The maximum atomic E-state index is 12.3. The fourth-order valence-corrected chi connectivity index (χ4v) is 4.88. The zero-order valence-electron chi connectivity index (χ0n) is 16.4. The number of benzene rings is 2. The van der Waals surface area contributed by atoms with Crippen LogP contribution in [0.3, 0.4) is 0 Å². The van der Waals surface area contributed by atoms with E-state index in [-0.39, 0.29) is 17.3 Å². The summed E-state index contributed by atoms with van der Waals surface area (Å²) in [6, 6.07) is 12.8. The Balaban J connectivity index is 1.58. The third kappa shape index (κ3) is 5.24. The van der Waals surface area contributed by atoms with Gasteiger partial charge in [0.05, 0.1) is 20.9 Å². The number of thioether (sulfide) groups is 1. The molecule has 0 fully saturated rings. The fourth-order valence-electron chi connectivity index (χ4n) is 2.97. The lowest BCUT2D eigenvalue weighted by atomic mass is 10.2. The number of non-ortho nitro benzene ring substituents is 1. The average Bonchev–Trinajstić information content (AvgIpc) is 3.10. The number of carbonyl (C=O) groups is 1. The number of nitro groups is 1. The number of nitrogens with one attached hydrogen (secondary N) is 1.